The summed E-state index contributed by atoms with van der Waals surface area (Å²) in [5.74, 6) is 0. The van der Waals surface area contributed by atoms with Gasteiger partial charge in [-0.2, -0.15) is 0 Å². The van der Waals surface area contributed by atoms with Crippen LogP contribution < -0.4 is 0 Å². The van der Waals surface area contributed by atoms with Crippen LogP contribution in [0.2, 0.25) is 6.32 Å². The third kappa shape index (κ3) is 3.90. The van der Waals surface area contributed by atoms with E-state index in [1.54, 1.807) is 0 Å². The topological polar surface area (TPSA) is 29.5 Å². The second-order valence-electron chi connectivity index (χ2n) is 1.50. The molecule has 8 heavy (non-hydrogen) atoms. The largest absolute Gasteiger partial charge is 0.457 e. The van der Waals surface area contributed by atoms with Gasteiger partial charge in [0.15, 0.2) is 0 Å². The molecule has 0 heterocycles. The van der Waals surface area contributed by atoms with Gasteiger partial charge >= 0.3 is 7.12 Å². The molecule has 0 spiro atoms. The van der Waals surface area contributed by atoms with E-state index in [4.69, 9.17) is 5.02 Å². The molecule has 3 heteroatoms. The van der Waals surface area contributed by atoms with Crippen LogP contribution >= 0.6 is 0 Å². The number of hydrogen-bond donors (Lipinski definition) is 1. The Kier molecular flexibility index (Phi) is 4.71. The lowest BCUT2D eigenvalue weighted by atomic mass is 9.86. The predicted octanol–water partition coefficient (Wildman–Crippen LogP) is 0.689. The normalized spacial score (nSPS) is 10.4. The van der Waals surface area contributed by atoms with Crippen LogP contribution in [0.4, 0.5) is 0 Å². The zero-order chi connectivity index (χ0) is 6.41. The fourth-order valence-electron chi connectivity index (χ4n) is 0.349. The lowest BCUT2D eigenvalue weighted by Gasteiger charge is -1.95. The molecule has 2 nitrogen and oxygen atoms in total. The lowest BCUT2D eigenvalue weighted by molar-refractivity contribution is 0.330. The summed E-state index contributed by atoms with van der Waals surface area (Å²) in [6.45, 7) is 1.91. The summed E-state index contributed by atoms with van der Waals surface area (Å²) in [5, 5.41) is 8.72. The molecule has 0 aromatic rings. The van der Waals surface area contributed by atoms with Crippen LogP contribution in [-0.2, 0) is 4.65 Å². The van der Waals surface area contributed by atoms with E-state index in [0.29, 0.717) is 6.32 Å². The van der Waals surface area contributed by atoms with Gasteiger partial charge in [0.1, 0.15) is 0 Å². The molecule has 0 amide bonds. The van der Waals surface area contributed by atoms with E-state index in [2.05, 4.69) is 4.65 Å². The summed E-state index contributed by atoms with van der Waals surface area (Å²) in [5.41, 5.74) is 0. The number of hydrogen-bond acceptors (Lipinski definition) is 2. The van der Waals surface area contributed by atoms with Crippen molar-refractivity contribution < 1.29 is 9.68 Å². The predicted molar refractivity (Wildman–Crippen MR) is 34.6 cm³/mol. The van der Waals surface area contributed by atoms with E-state index < -0.39 is 7.12 Å². The van der Waals surface area contributed by atoms with Gasteiger partial charge in [0, 0.05) is 13.4 Å². The lowest BCUT2D eigenvalue weighted by Crippen LogP contribution is -2.12. The minimum atomic E-state index is -0.633. The summed E-state index contributed by atoms with van der Waals surface area (Å²) < 4.78 is 4.56. The van der Waals surface area contributed by atoms with Crippen molar-refractivity contribution >= 4 is 7.12 Å². The molecule has 0 aliphatic rings. The molecule has 0 aromatic heterocycles. The van der Waals surface area contributed by atoms with Crippen LogP contribution in [0, 0.1) is 0 Å². The van der Waals surface area contributed by atoms with Crippen molar-refractivity contribution in [2.24, 2.45) is 0 Å². The number of allylic oxidation sites excluding steroid dienone is 2. The van der Waals surface area contributed by atoms with Crippen LogP contribution in [0.3, 0.4) is 0 Å². The van der Waals surface area contributed by atoms with Crippen molar-refractivity contribution in [1.29, 1.82) is 0 Å². The summed E-state index contributed by atoms with van der Waals surface area (Å²) in [7, 11) is 0.847. The van der Waals surface area contributed by atoms with E-state index in [0.717, 1.165) is 0 Å². The van der Waals surface area contributed by atoms with Crippen molar-refractivity contribution in [3.63, 3.8) is 0 Å². The maximum absolute atomic E-state index is 8.72. The van der Waals surface area contributed by atoms with Gasteiger partial charge in [-0.15, -0.1) is 0 Å². The molecule has 0 bridgehead atoms. The van der Waals surface area contributed by atoms with E-state index >= 15 is 0 Å². The van der Waals surface area contributed by atoms with Crippen molar-refractivity contribution in [2.75, 3.05) is 7.11 Å². The Morgan fingerprint density at radius 2 is 2.38 bits per heavy atom. The fraction of sp³-hybridized carbons (Fsp3) is 0.600. The van der Waals surface area contributed by atoms with Gasteiger partial charge in [0.05, 0.1) is 0 Å². The smallest absolute Gasteiger partial charge is 0.427 e. The van der Waals surface area contributed by atoms with Gasteiger partial charge in [0.25, 0.3) is 0 Å². The highest BCUT2D eigenvalue weighted by molar-refractivity contribution is 6.43. The molecule has 0 atom stereocenters. The SMILES string of the molecule is CC=CCB(O)OC. The Balaban J connectivity index is 3.10. The highest BCUT2D eigenvalue weighted by atomic mass is 16.5. The zero-order valence-corrected chi connectivity index (χ0v) is 5.29. The fourth-order valence-corrected chi connectivity index (χ4v) is 0.349. The van der Waals surface area contributed by atoms with Gasteiger partial charge < -0.3 is 9.68 Å². The van der Waals surface area contributed by atoms with Gasteiger partial charge in [-0.1, -0.05) is 12.2 Å². The molecule has 0 aliphatic heterocycles. The molecule has 0 saturated carbocycles. The molecule has 0 aliphatic carbocycles. The average molecular weight is 114 g/mol. The third-order valence-electron chi connectivity index (χ3n) is 0.845. The Hall–Kier alpha value is -0.275. The highest BCUT2D eigenvalue weighted by Gasteiger charge is 2.04. The van der Waals surface area contributed by atoms with Gasteiger partial charge in [-0.3, -0.25) is 0 Å². The first-order chi connectivity index (χ1) is 3.81. The summed E-state index contributed by atoms with van der Waals surface area (Å²) in [4.78, 5) is 0. The van der Waals surface area contributed by atoms with Crippen LogP contribution in [0.5, 0.6) is 0 Å². The first kappa shape index (κ1) is 7.72. The molecule has 46 valence electrons. The summed E-state index contributed by atoms with van der Waals surface area (Å²) in [6.07, 6.45) is 4.31. The maximum Gasteiger partial charge on any atom is 0.457 e. The van der Waals surface area contributed by atoms with Crippen molar-refractivity contribution in [2.45, 2.75) is 13.2 Å². The molecule has 0 fully saturated rings. The monoisotopic (exact) mass is 114 g/mol. The quantitative estimate of drug-likeness (QED) is 0.432. The Morgan fingerprint density at radius 3 is 2.75 bits per heavy atom. The van der Waals surface area contributed by atoms with E-state index in [1.807, 2.05) is 19.1 Å². The van der Waals surface area contributed by atoms with Crippen LogP contribution in [0.25, 0.3) is 0 Å². The highest BCUT2D eigenvalue weighted by Crippen LogP contribution is 1.88. The second-order valence-corrected chi connectivity index (χ2v) is 1.50. The summed E-state index contributed by atoms with van der Waals surface area (Å²) >= 11 is 0. The molecule has 0 aromatic carbocycles. The van der Waals surface area contributed by atoms with Crippen LogP contribution in [0.15, 0.2) is 12.2 Å². The average Bonchev–Trinajstić information content (AvgIpc) is 1.83. The standard InChI is InChI=1S/C5H11BO2/c1-3-4-5-6(7)8-2/h3-4,7H,5H2,1-2H3. The minimum absolute atomic E-state index is 0.576. The maximum atomic E-state index is 8.72. The molecule has 0 rings (SSSR count). The van der Waals surface area contributed by atoms with E-state index in [-0.39, 0.29) is 0 Å². The first-order valence-electron chi connectivity index (χ1n) is 2.63. The van der Waals surface area contributed by atoms with Gasteiger partial charge in [-0.25, -0.2) is 0 Å². The van der Waals surface area contributed by atoms with Crippen LogP contribution in [-0.4, -0.2) is 19.3 Å². The van der Waals surface area contributed by atoms with E-state index in [1.165, 1.54) is 7.11 Å². The Morgan fingerprint density at radius 1 is 1.75 bits per heavy atom. The molecule has 0 unspecified atom stereocenters. The molecule has 1 N–H and O–H groups in total. The van der Waals surface area contributed by atoms with Crippen molar-refractivity contribution in [3.8, 4) is 0 Å². The van der Waals surface area contributed by atoms with Crippen molar-refractivity contribution in [3.05, 3.63) is 12.2 Å². The molecule has 0 saturated heterocycles. The van der Waals surface area contributed by atoms with E-state index in [9.17, 15) is 0 Å². The van der Waals surface area contributed by atoms with Gasteiger partial charge in [-0.05, 0) is 6.92 Å². The molecular weight excluding hydrogens is 103 g/mol. The minimum Gasteiger partial charge on any atom is -0.427 e. The second kappa shape index (κ2) is 4.87. The molecule has 0 radical (unpaired) electrons. The van der Waals surface area contributed by atoms with Crippen molar-refractivity contribution in [1.82, 2.24) is 0 Å². The molecular formula is C5H11BO2. The Labute approximate surface area is 50.3 Å². The third-order valence-corrected chi connectivity index (χ3v) is 0.845. The summed E-state index contributed by atoms with van der Waals surface area (Å²) in [6, 6.07) is 0. The first-order valence-corrected chi connectivity index (χ1v) is 2.63. The zero-order valence-electron chi connectivity index (χ0n) is 5.29. The van der Waals surface area contributed by atoms with Crippen LogP contribution in [0.1, 0.15) is 6.92 Å². The Bertz CT molecular complexity index is 72.8. The van der Waals surface area contributed by atoms with Gasteiger partial charge in [0.2, 0.25) is 0 Å². The number of rotatable bonds is 3.